The quantitative estimate of drug-likeness (QED) is 0.896. The van der Waals surface area contributed by atoms with Gasteiger partial charge in [-0.15, -0.1) is 0 Å². The second-order valence-corrected chi connectivity index (χ2v) is 6.23. The van der Waals surface area contributed by atoms with Crippen LogP contribution in [0.2, 0.25) is 5.02 Å². The van der Waals surface area contributed by atoms with E-state index in [9.17, 15) is 18.3 Å². The summed E-state index contributed by atoms with van der Waals surface area (Å²) in [5.41, 5.74) is -1.60. The van der Waals surface area contributed by atoms with Crippen LogP contribution in [0.3, 0.4) is 0 Å². The van der Waals surface area contributed by atoms with E-state index in [1.807, 2.05) is 0 Å². The minimum Gasteiger partial charge on any atom is -0.392 e. The number of alkyl halides is 3. The number of fused-ring (bicyclic) bond motifs is 1. The highest BCUT2D eigenvalue weighted by Gasteiger charge is 2.64. The van der Waals surface area contributed by atoms with Crippen molar-refractivity contribution in [2.45, 2.75) is 43.9 Å². The molecule has 1 aromatic rings. The molecule has 0 bridgehead atoms. The minimum absolute atomic E-state index is 0.108. The number of hydrogen-bond donors (Lipinski definition) is 1. The van der Waals surface area contributed by atoms with Gasteiger partial charge >= 0.3 is 6.18 Å². The number of hydrogen-bond acceptors (Lipinski definition) is 2. The van der Waals surface area contributed by atoms with E-state index in [2.05, 4.69) is 0 Å². The molecule has 0 saturated heterocycles. The van der Waals surface area contributed by atoms with Crippen molar-refractivity contribution < 1.29 is 23.0 Å². The summed E-state index contributed by atoms with van der Waals surface area (Å²) in [6.07, 6.45) is -5.27. The summed E-state index contributed by atoms with van der Waals surface area (Å²) in [4.78, 5) is 0. The average molecular weight is 337 g/mol. The number of halogens is 4. The SMILES string of the molecule is CCCC1(C(F)(F)F)c2c(Cl)cccc2CC(O)C1COC. The second-order valence-electron chi connectivity index (χ2n) is 5.83. The largest absolute Gasteiger partial charge is 0.398 e. The molecule has 3 unspecified atom stereocenters. The molecular formula is C16H20ClF3O2. The topological polar surface area (TPSA) is 29.5 Å². The maximum atomic E-state index is 14.2. The molecular weight excluding hydrogens is 317 g/mol. The molecule has 0 radical (unpaired) electrons. The smallest absolute Gasteiger partial charge is 0.392 e. The van der Waals surface area contributed by atoms with Crippen molar-refractivity contribution in [1.82, 2.24) is 0 Å². The van der Waals surface area contributed by atoms with E-state index >= 15 is 0 Å². The Kier molecular flexibility index (Phi) is 5.09. The summed E-state index contributed by atoms with van der Waals surface area (Å²) < 4.78 is 47.5. The Bertz CT molecular complexity index is 533. The number of rotatable bonds is 4. The first-order valence-corrected chi connectivity index (χ1v) is 7.69. The first-order chi connectivity index (χ1) is 10.3. The molecule has 22 heavy (non-hydrogen) atoms. The molecule has 0 fully saturated rings. The highest BCUT2D eigenvalue weighted by Crippen LogP contribution is 2.56. The van der Waals surface area contributed by atoms with Gasteiger partial charge in [0.15, 0.2) is 0 Å². The molecule has 0 amide bonds. The van der Waals surface area contributed by atoms with Crippen molar-refractivity contribution in [2.75, 3.05) is 13.7 Å². The molecule has 2 rings (SSSR count). The van der Waals surface area contributed by atoms with Gasteiger partial charge in [0.05, 0.1) is 12.7 Å². The summed E-state index contributed by atoms with van der Waals surface area (Å²) in [5, 5.41) is 10.4. The summed E-state index contributed by atoms with van der Waals surface area (Å²) in [5.74, 6) is -1.06. The molecule has 124 valence electrons. The number of benzene rings is 1. The summed E-state index contributed by atoms with van der Waals surface area (Å²) in [6, 6.07) is 4.72. The third kappa shape index (κ3) is 2.63. The molecule has 3 atom stereocenters. The first-order valence-electron chi connectivity index (χ1n) is 7.31. The van der Waals surface area contributed by atoms with Crippen LogP contribution in [0.5, 0.6) is 0 Å². The Morgan fingerprint density at radius 2 is 2.09 bits per heavy atom. The number of ether oxygens (including phenoxy) is 1. The van der Waals surface area contributed by atoms with E-state index < -0.39 is 23.6 Å². The van der Waals surface area contributed by atoms with Crippen LogP contribution >= 0.6 is 11.6 Å². The Labute approximate surface area is 133 Å². The number of methoxy groups -OCH3 is 1. The predicted molar refractivity (Wildman–Crippen MR) is 79.2 cm³/mol. The van der Waals surface area contributed by atoms with Gasteiger partial charge in [-0.25, -0.2) is 0 Å². The van der Waals surface area contributed by atoms with Gasteiger partial charge < -0.3 is 9.84 Å². The van der Waals surface area contributed by atoms with Crippen molar-refractivity contribution in [3.8, 4) is 0 Å². The van der Waals surface area contributed by atoms with Crippen LogP contribution in [-0.2, 0) is 16.6 Å². The number of aliphatic hydroxyl groups is 1. The third-order valence-electron chi connectivity index (χ3n) is 4.57. The van der Waals surface area contributed by atoms with Crippen molar-refractivity contribution in [3.63, 3.8) is 0 Å². The van der Waals surface area contributed by atoms with Crippen molar-refractivity contribution in [3.05, 3.63) is 34.3 Å². The number of aliphatic hydroxyl groups excluding tert-OH is 1. The van der Waals surface area contributed by atoms with Crippen molar-refractivity contribution in [2.24, 2.45) is 5.92 Å². The van der Waals surface area contributed by atoms with Gasteiger partial charge in [0.1, 0.15) is 5.41 Å². The fourth-order valence-electron chi connectivity index (χ4n) is 3.75. The first kappa shape index (κ1) is 17.6. The van der Waals surface area contributed by atoms with Crippen molar-refractivity contribution >= 4 is 11.6 Å². The van der Waals surface area contributed by atoms with Gasteiger partial charge in [-0.05, 0) is 30.0 Å². The lowest BCUT2D eigenvalue weighted by Crippen LogP contribution is -2.57. The van der Waals surface area contributed by atoms with Crippen LogP contribution in [0.15, 0.2) is 18.2 Å². The monoisotopic (exact) mass is 336 g/mol. The Morgan fingerprint density at radius 1 is 1.41 bits per heavy atom. The zero-order chi connectivity index (χ0) is 16.5. The van der Waals surface area contributed by atoms with Crippen LogP contribution in [0, 0.1) is 5.92 Å². The summed E-state index contributed by atoms with van der Waals surface area (Å²) in [7, 11) is 1.35. The van der Waals surface area contributed by atoms with Crippen LogP contribution in [-0.4, -0.2) is 31.1 Å². The van der Waals surface area contributed by atoms with E-state index in [4.69, 9.17) is 16.3 Å². The van der Waals surface area contributed by atoms with E-state index in [1.54, 1.807) is 19.1 Å². The van der Waals surface area contributed by atoms with E-state index in [1.165, 1.54) is 13.2 Å². The molecule has 0 heterocycles. The average Bonchev–Trinajstić information content (AvgIpc) is 2.41. The van der Waals surface area contributed by atoms with Crippen LogP contribution in [0.4, 0.5) is 13.2 Å². The van der Waals surface area contributed by atoms with Gasteiger partial charge in [-0.1, -0.05) is 37.1 Å². The normalized spacial score (nSPS) is 28.5. The molecule has 0 spiro atoms. The molecule has 1 aromatic carbocycles. The van der Waals surface area contributed by atoms with E-state index in [0.717, 1.165) is 0 Å². The molecule has 0 aromatic heterocycles. The molecule has 1 aliphatic carbocycles. The molecule has 6 heteroatoms. The molecule has 0 saturated carbocycles. The Hall–Kier alpha value is -0.780. The maximum absolute atomic E-state index is 14.2. The lowest BCUT2D eigenvalue weighted by atomic mass is 9.59. The Balaban J connectivity index is 2.76. The van der Waals surface area contributed by atoms with Crippen LogP contribution < -0.4 is 0 Å². The van der Waals surface area contributed by atoms with E-state index in [0.29, 0.717) is 12.0 Å². The van der Waals surface area contributed by atoms with Crippen LogP contribution in [0.25, 0.3) is 0 Å². The fourth-order valence-corrected chi connectivity index (χ4v) is 4.11. The third-order valence-corrected chi connectivity index (χ3v) is 4.88. The zero-order valence-electron chi connectivity index (χ0n) is 12.6. The molecule has 1 aliphatic rings. The standard InChI is InChI=1S/C16H20ClF3O2/c1-3-7-15(16(18,19)20)11(9-22-2)13(21)8-10-5-4-6-12(17)14(10)15/h4-6,11,13,21H,3,7-9H2,1-2H3. The lowest BCUT2D eigenvalue weighted by molar-refractivity contribution is -0.228. The van der Waals surface area contributed by atoms with Gasteiger partial charge in [-0.2, -0.15) is 13.2 Å². The second kappa shape index (κ2) is 6.38. The lowest BCUT2D eigenvalue weighted by Gasteiger charge is -2.48. The molecule has 1 N–H and O–H groups in total. The summed E-state index contributed by atoms with van der Waals surface area (Å²) in [6.45, 7) is 1.54. The predicted octanol–water partition coefficient (Wildman–Crippen LogP) is 4.12. The van der Waals surface area contributed by atoms with E-state index in [-0.39, 0.29) is 30.0 Å². The maximum Gasteiger partial charge on any atom is 0.398 e. The van der Waals surface area contributed by atoms with Crippen molar-refractivity contribution in [1.29, 1.82) is 0 Å². The minimum atomic E-state index is -4.52. The van der Waals surface area contributed by atoms with Crippen LogP contribution in [0.1, 0.15) is 30.9 Å². The van der Waals surface area contributed by atoms with Gasteiger partial charge in [0.2, 0.25) is 0 Å². The van der Waals surface area contributed by atoms with Gasteiger partial charge in [-0.3, -0.25) is 0 Å². The van der Waals surface area contributed by atoms with Gasteiger partial charge in [0.25, 0.3) is 0 Å². The highest BCUT2D eigenvalue weighted by atomic mass is 35.5. The molecule has 0 aliphatic heterocycles. The summed E-state index contributed by atoms with van der Waals surface area (Å²) >= 11 is 6.16. The zero-order valence-corrected chi connectivity index (χ0v) is 13.3. The highest BCUT2D eigenvalue weighted by molar-refractivity contribution is 6.31. The fraction of sp³-hybridized carbons (Fsp3) is 0.625. The Morgan fingerprint density at radius 3 is 2.64 bits per heavy atom. The van der Waals surface area contributed by atoms with Gasteiger partial charge in [0, 0.05) is 18.1 Å². The molecule has 2 nitrogen and oxygen atoms in total.